The second-order valence-corrected chi connectivity index (χ2v) is 21.3. The number of amides is 5. The van der Waals surface area contributed by atoms with Crippen molar-refractivity contribution in [1.29, 1.82) is 0 Å². The number of nitrogens with zero attached hydrogens (tertiary/aromatic N) is 1. The van der Waals surface area contributed by atoms with Gasteiger partial charge in [0.2, 0.25) is 17.6 Å². The Hall–Kier alpha value is -2.70. The molecule has 12 nitrogen and oxygen atoms in total. The fourth-order valence-corrected chi connectivity index (χ4v) is 11.5. The van der Waals surface area contributed by atoms with Crippen LogP contribution in [0.1, 0.15) is 145 Å². The molecule has 5 aliphatic rings. The molecule has 53 heavy (non-hydrogen) atoms. The first-order valence-electron chi connectivity index (χ1n) is 20.6. The minimum Gasteiger partial charge on any atom is -0.349 e. The van der Waals surface area contributed by atoms with Crippen LogP contribution in [0, 0.1) is 28.6 Å². The van der Waals surface area contributed by atoms with Gasteiger partial charge >= 0.3 is 6.03 Å². The van der Waals surface area contributed by atoms with Crippen LogP contribution in [-0.2, 0) is 29.0 Å². The molecule has 4 saturated carbocycles. The lowest BCUT2D eigenvalue weighted by molar-refractivity contribution is -0.146. The lowest BCUT2D eigenvalue weighted by Crippen LogP contribution is -2.65. The maximum atomic E-state index is 15.0. The van der Waals surface area contributed by atoms with Crippen LogP contribution >= 0.6 is 0 Å². The number of likely N-dealkylation sites (tertiary alicyclic amines) is 1. The third kappa shape index (κ3) is 8.90. The molecule has 13 heteroatoms. The second-order valence-electron chi connectivity index (χ2n) is 18.7. The molecular formula is C40H67N5O7S. The van der Waals surface area contributed by atoms with Crippen LogP contribution in [-0.4, -0.2) is 90.1 Å². The van der Waals surface area contributed by atoms with Crippen molar-refractivity contribution in [3.05, 3.63) is 0 Å². The van der Waals surface area contributed by atoms with Crippen LogP contribution in [0.15, 0.2) is 0 Å². The zero-order chi connectivity index (χ0) is 39.0. The fourth-order valence-electron chi connectivity index (χ4n) is 9.54. The lowest BCUT2D eigenvalue weighted by atomic mass is 9.70. The first-order valence-corrected chi connectivity index (χ1v) is 22.2. The molecule has 1 aliphatic heterocycles. The number of sulfone groups is 1. The van der Waals surface area contributed by atoms with Crippen molar-refractivity contribution in [1.82, 2.24) is 26.2 Å². The van der Waals surface area contributed by atoms with E-state index >= 15 is 0 Å². The summed E-state index contributed by atoms with van der Waals surface area (Å²) in [6.07, 6.45) is 11.4. The van der Waals surface area contributed by atoms with Crippen LogP contribution in [0.2, 0.25) is 0 Å². The molecule has 0 aromatic carbocycles. The van der Waals surface area contributed by atoms with Crippen molar-refractivity contribution in [2.75, 3.05) is 18.8 Å². The van der Waals surface area contributed by atoms with Crippen LogP contribution in [0.25, 0.3) is 0 Å². The number of ketones is 1. The largest absolute Gasteiger partial charge is 0.349 e. The molecule has 0 aromatic rings. The van der Waals surface area contributed by atoms with E-state index in [1.165, 1.54) is 0 Å². The van der Waals surface area contributed by atoms with Gasteiger partial charge in [-0.2, -0.15) is 0 Å². The summed E-state index contributed by atoms with van der Waals surface area (Å²) in [7, 11) is -3.57. The Kier molecular flexibility index (Phi) is 12.4. The van der Waals surface area contributed by atoms with Gasteiger partial charge in [0.1, 0.15) is 12.1 Å². The lowest BCUT2D eigenvalue weighted by Gasteiger charge is -2.44. The molecule has 0 bridgehead atoms. The van der Waals surface area contributed by atoms with Gasteiger partial charge in [0, 0.05) is 13.1 Å². The highest BCUT2D eigenvalue weighted by Crippen LogP contribution is 2.65. The molecule has 5 fully saturated rings. The first-order chi connectivity index (χ1) is 24.8. The monoisotopic (exact) mass is 761 g/mol. The Bertz CT molecular complexity index is 1510. The van der Waals surface area contributed by atoms with Gasteiger partial charge in [-0.3, -0.25) is 19.2 Å². The highest BCUT2D eigenvalue weighted by molar-refractivity contribution is 7.92. The number of carbonyl (C=O) groups is 5. The highest BCUT2D eigenvalue weighted by atomic mass is 32.2. The van der Waals surface area contributed by atoms with E-state index in [1.54, 1.807) is 18.7 Å². The molecule has 0 spiro atoms. The number of piperidine rings is 1. The molecular weight excluding hydrogens is 695 g/mol. The van der Waals surface area contributed by atoms with Gasteiger partial charge in [0.05, 0.1) is 22.1 Å². The normalized spacial score (nSPS) is 27.1. The molecule has 0 aromatic heterocycles. The van der Waals surface area contributed by atoms with Gasteiger partial charge in [-0.25, -0.2) is 13.2 Å². The fraction of sp³-hybridized carbons (Fsp3) is 0.875. The topological polar surface area (TPSA) is 171 Å². The molecule has 5 amide bonds. The van der Waals surface area contributed by atoms with Gasteiger partial charge in [-0.1, -0.05) is 86.0 Å². The molecule has 1 saturated heterocycles. The number of hydrogen-bond acceptors (Lipinski definition) is 7. The average Bonchev–Trinajstić information content (AvgIpc) is 3.96. The standard InChI is InChI=1S/C40H67N5O7S/c1-8-22-41-34(48)31(46)28(23-26-16-17-26)42-33(47)30-29-27(38(29,5)6)24-45(30)35(49)32(39(7)18-12-10-13-19-39)43-36(50)44-40(20-14-11-15-21-40)25-53(51,52)37(3,4)9-2/h26-30,32H,8-25H2,1-7H3,(H,41,48)(H,42,47)(H2,43,44,50)/t27-,28-,29-,30-,32+/m0/s1. The van der Waals surface area contributed by atoms with Crippen molar-refractivity contribution in [3.8, 4) is 0 Å². The number of urea groups is 1. The Balaban J connectivity index is 1.40. The molecule has 5 rings (SSSR count). The van der Waals surface area contributed by atoms with Crippen molar-refractivity contribution in [2.24, 2.45) is 28.6 Å². The van der Waals surface area contributed by atoms with E-state index in [9.17, 15) is 32.4 Å². The molecule has 5 atom stereocenters. The average molecular weight is 762 g/mol. The van der Waals surface area contributed by atoms with Gasteiger partial charge in [-0.15, -0.1) is 0 Å². The molecule has 4 aliphatic carbocycles. The number of rotatable bonds is 16. The van der Waals surface area contributed by atoms with Crippen molar-refractivity contribution in [2.45, 2.75) is 173 Å². The smallest absolute Gasteiger partial charge is 0.315 e. The van der Waals surface area contributed by atoms with Gasteiger partial charge < -0.3 is 26.2 Å². The van der Waals surface area contributed by atoms with E-state index in [0.29, 0.717) is 45.2 Å². The summed E-state index contributed by atoms with van der Waals surface area (Å²) in [5.74, 6) is -2.05. The quantitative estimate of drug-likeness (QED) is 0.164. The first kappa shape index (κ1) is 41.5. The molecule has 4 N–H and O–H groups in total. The maximum absolute atomic E-state index is 15.0. The van der Waals surface area contributed by atoms with Crippen LogP contribution in [0.3, 0.4) is 0 Å². The molecule has 1 heterocycles. The Morgan fingerprint density at radius 3 is 2.04 bits per heavy atom. The van der Waals surface area contributed by atoms with Gasteiger partial charge in [0.15, 0.2) is 9.84 Å². The Morgan fingerprint density at radius 1 is 0.868 bits per heavy atom. The minimum atomic E-state index is -3.57. The highest BCUT2D eigenvalue weighted by Gasteiger charge is 2.70. The summed E-state index contributed by atoms with van der Waals surface area (Å²) in [6, 6.07) is -3.31. The maximum Gasteiger partial charge on any atom is 0.315 e. The van der Waals surface area contributed by atoms with Crippen LogP contribution in [0.5, 0.6) is 0 Å². The molecule has 0 radical (unpaired) electrons. The second kappa shape index (κ2) is 15.8. The zero-order valence-electron chi connectivity index (χ0n) is 33.4. The Labute approximate surface area is 317 Å². The third-order valence-corrected chi connectivity index (χ3v) is 16.9. The number of Topliss-reactive ketones (excluding diaryl/α,β-unsaturated/α-hetero) is 1. The number of nitrogens with one attached hydrogen (secondary N) is 4. The van der Waals surface area contributed by atoms with Gasteiger partial charge in [-0.05, 0) is 87.4 Å². The van der Waals surface area contributed by atoms with Crippen molar-refractivity contribution >= 4 is 39.4 Å². The summed E-state index contributed by atoms with van der Waals surface area (Å²) < 4.78 is 26.4. The minimum absolute atomic E-state index is 0.0823. The SMILES string of the molecule is CCCNC(=O)C(=O)[C@H](CC1CC1)NC(=O)[C@@H]1[C@@H]2[C@H](CN1C(=O)[C@@H](NC(=O)NC1(CS(=O)(=O)C(C)(C)CC)CCCCC1)C1(C)CCCCC1)C2(C)C. The van der Waals surface area contributed by atoms with Crippen LogP contribution in [0.4, 0.5) is 4.79 Å². The van der Waals surface area contributed by atoms with E-state index in [4.69, 9.17) is 0 Å². The predicted molar refractivity (Wildman–Crippen MR) is 204 cm³/mol. The zero-order valence-corrected chi connectivity index (χ0v) is 34.2. The molecule has 0 unspecified atom stereocenters. The summed E-state index contributed by atoms with van der Waals surface area (Å²) in [6.45, 7) is 14.2. The van der Waals surface area contributed by atoms with E-state index in [2.05, 4.69) is 35.1 Å². The number of hydrogen-bond donors (Lipinski definition) is 4. The number of carbonyl (C=O) groups excluding carboxylic acids is 5. The van der Waals surface area contributed by atoms with E-state index in [1.807, 2.05) is 20.8 Å². The number of fused-ring (bicyclic) bond motifs is 1. The van der Waals surface area contributed by atoms with E-state index in [-0.39, 0.29) is 34.8 Å². The predicted octanol–water partition coefficient (Wildman–Crippen LogP) is 4.79. The van der Waals surface area contributed by atoms with Crippen LogP contribution < -0.4 is 21.3 Å². The molecule has 300 valence electrons. The van der Waals surface area contributed by atoms with Crippen molar-refractivity contribution < 1.29 is 32.4 Å². The summed E-state index contributed by atoms with van der Waals surface area (Å²) in [4.78, 5) is 71.1. The van der Waals surface area contributed by atoms with E-state index in [0.717, 1.165) is 64.2 Å². The summed E-state index contributed by atoms with van der Waals surface area (Å²) in [5.41, 5.74) is -1.70. The van der Waals surface area contributed by atoms with Gasteiger partial charge in [0.25, 0.3) is 5.91 Å². The summed E-state index contributed by atoms with van der Waals surface area (Å²) >= 11 is 0. The Morgan fingerprint density at radius 2 is 1.47 bits per heavy atom. The summed E-state index contributed by atoms with van der Waals surface area (Å²) in [5, 5.41) is 11.8. The van der Waals surface area contributed by atoms with Crippen molar-refractivity contribution in [3.63, 3.8) is 0 Å². The van der Waals surface area contributed by atoms with E-state index < -0.39 is 67.3 Å². The third-order valence-electron chi connectivity index (χ3n) is 14.0.